The van der Waals surface area contributed by atoms with Crippen molar-refractivity contribution in [1.29, 1.82) is 0 Å². The molecule has 1 unspecified atom stereocenters. The molecule has 0 bridgehead atoms. The Morgan fingerprint density at radius 1 is 1.31 bits per heavy atom. The van der Waals surface area contributed by atoms with Gasteiger partial charge in [0.05, 0.1) is 26.0 Å². The molecule has 0 saturated carbocycles. The fourth-order valence-corrected chi connectivity index (χ4v) is 3.81. The lowest BCUT2D eigenvalue weighted by molar-refractivity contribution is 0.0229. The molecule has 7 heteroatoms. The molecule has 3 rings (SSSR count). The monoisotopic (exact) mass is 381 g/mol. The normalized spacial score (nSPS) is 21.5. The molecule has 0 aliphatic carbocycles. The second-order valence-electron chi connectivity index (χ2n) is 6.99. The Hall–Kier alpha value is -1.50. The molecule has 0 radical (unpaired) electrons. The van der Waals surface area contributed by atoms with E-state index in [0.29, 0.717) is 16.5 Å². The summed E-state index contributed by atoms with van der Waals surface area (Å²) in [6, 6.07) is 3.78. The first-order valence-electron chi connectivity index (χ1n) is 9.30. The van der Waals surface area contributed by atoms with Crippen molar-refractivity contribution in [3.8, 4) is 5.75 Å². The number of aryl methyl sites for hydroxylation is 1. The number of likely N-dealkylation sites (tertiary alicyclic amines) is 1. The topological polar surface area (TPSA) is 54.0 Å². The number of carbonyl (C=O) groups excluding carboxylic acids is 1. The molecular weight excluding hydrogens is 354 g/mol. The number of methoxy groups -OCH3 is 1. The molecule has 1 N–H and O–H groups in total. The van der Waals surface area contributed by atoms with Crippen LogP contribution in [0.2, 0.25) is 5.02 Å². The summed E-state index contributed by atoms with van der Waals surface area (Å²) in [5.41, 5.74) is 1.57. The van der Waals surface area contributed by atoms with Gasteiger partial charge >= 0.3 is 6.03 Å². The summed E-state index contributed by atoms with van der Waals surface area (Å²) in [4.78, 5) is 17.3. The molecule has 1 aromatic carbocycles. The average molecular weight is 382 g/mol. The number of anilines is 1. The van der Waals surface area contributed by atoms with Crippen LogP contribution in [0, 0.1) is 6.92 Å². The highest BCUT2D eigenvalue weighted by atomic mass is 35.5. The Morgan fingerprint density at radius 2 is 2.08 bits per heavy atom. The second-order valence-corrected chi connectivity index (χ2v) is 7.40. The highest BCUT2D eigenvalue weighted by Gasteiger charge is 2.29. The summed E-state index contributed by atoms with van der Waals surface area (Å²) in [5, 5.41) is 3.65. The Kier molecular flexibility index (Phi) is 6.62. The van der Waals surface area contributed by atoms with Gasteiger partial charge in [-0.1, -0.05) is 11.6 Å². The molecule has 2 amide bonds. The molecule has 144 valence electrons. The zero-order valence-corrected chi connectivity index (χ0v) is 16.3. The van der Waals surface area contributed by atoms with Crippen LogP contribution < -0.4 is 10.1 Å². The highest BCUT2D eigenvalue weighted by Crippen LogP contribution is 2.31. The second kappa shape index (κ2) is 8.93. The predicted molar refractivity (Wildman–Crippen MR) is 103 cm³/mol. The number of amides is 2. The molecule has 2 fully saturated rings. The van der Waals surface area contributed by atoms with Gasteiger partial charge in [0.25, 0.3) is 0 Å². The summed E-state index contributed by atoms with van der Waals surface area (Å²) < 4.78 is 10.8. The first kappa shape index (κ1) is 19.3. The minimum atomic E-state index is -0.0667. The van der Waals surface area contributed by atoms with Gasteiger partial charge in [0, 0.05) is 43.3 Å². The molecule has 6 nitrogen and oxygen atoms in total. The number of piperidine rings is 1. The van der Waals surface area contributed by atoms with Crippen molar-refractivity contribution in [2.45, 2.75) is 32.2 Å². The Bertz CT molecular complexity index is 635. The minimum Gasteiger partial charge on any atom is -0.495 e. The zero-order chi connectivity index (χ0) is 18.5. The van der Waals surface area contributed by atoms with Crippen LogP contribution >= 0.6 is 11.6 Å². The number of hydrogen-bond acceptors (Lipinski definition) is 4. The standard InChI is InChI=1S/C19H28ClN3O3/c1-14-11-17(18(25-2)12-16(14)20)21-19(24)23-6-4-3-5-15(23)13-22-7-9-26-10-8-22/h11-12,15H,3-10,13H2,1-2H3,(H,21,24). The van der Waals surface area contributed by atoms with E-state index in [1.54, 1.807) is 13.2 Å². The van der Waals surface area contributed by atoms with Crippen LogP contribution in [0.25, 0.3) is 0 Å². The SMILES string of the molecule is COc1cc(Cl)c(C)cc1NC(=O)N1CCCCC1CN1CCOCC1. The first-order valence-corrected chi connectivity index (χ1v) is 9.68. The van der Waals surface area contributed by atoms with E-state index in [-0.39, 0.29) is 12.1 Å². The molecule has 2 saturated heterocycles. The lowest BCUT2D eigenvalue weighted by Crippen LogP contribution is -2.52. The van der Waals surface area contributed by atoms with Gasteiger partial charge in [0.1, 0.15) is 5.75 Å². The van der Waals surface area contributed by atoms with Crippen LogP contribution in [0.5, 0.6) is 5.75 Å². The van der Waals surface area contributed by atoms with E-state index in [1.807, 2.05) is 17.9 Å². The molecule has 1 aromatic rings. The van der Waals surface area contributed by atoms with Crippen molar-refractivity contribution in [1.82, 2.24) is 9.80 Å². The van der Waals surface area contributed by atoms with E-state index in [9.17, 15) is 4.79 Å². The number of benzene rings is 1. The highest BCUT2D eigenvalue weighted by molar-refractivity contribution is 6.31. The van der Waals surface area contributed by atoms with Crippen LogP contribution in [0.15, 0.2) is 12.1 Å². The van der Waals surface area contributed by atoms with Gasteiger partial charge in [0.2, 0.25) is 0 Å². The van der Waals surface area contributed by atoms with Crippen LogP contribution in [0.4, 0.5) is 10.5 Å². The maximum Gasteiger partial charge on any atom is 0.322 e. The van der Waals surface area contributed by atoms with Gasteiger partial charge < -0.3 is 19.7 Å². The van der Waals surface area contributed by atoms with Gasteiger partial charge in [-0.25, -0.2) is 4.79 Å². The van der Waals surface area contributed by atoms with Crippen LogP contribution in [0.3, 0.4) is 0 Å². The number of hydrogen-bond donors (Lipinski definition) is 1. The fourth-order valence-electron chi connectivity index (χ4n) is 3.66. The number of nitrogens with one attached hydrogen (secondary N) is 1. The van der Waals surface area contributed by atoms with Gasteiger partial charge in [-0.05, 0) is 37.8 Å². The average Bonchev–Trinajstić information content (AvgIpc) is 2.65. The van der Waals surface area contributed by atoms with Gasteiger partial charge in [0.15, 0.2) is 0 Å². The summed E-state index contributed by atoms with van der Waals surface area (Å²) in [5.74, 6) is 0.579. The molecule has 2 aliphatic rings. The van der Waals surface area contributed by atoms with E-state index < -0.39 is 0 Å². The largest absolute Gasteiger partial charge is 0.495 e. The molecule has 0 aromatic heterocycles. The molecule has 2 aliphatic heterocycles. The zero-order valence-electron chi connectivity index (χ0n) is 15.6. The maximum absolute atomic E-state index is 13.0. The van der Waals surface area contributed by atoms with Crippen molar-refractivity contribution < 1.29 is 14.3 Å². The Morgan fingerprint density at radius 3 is 2.81 bits per heavy atom. The van der Waals surface area contributed by atoms with E-state index in [4.69, 9.17) is 21.1 Å². The van der Waals surface area contributed by atoms with Crippen molar-refractivity contribution in [3.05, 3.63) is 22.7 Å². The van der Waals surface area contributed by atoms with Gasteiger partial charge in [-0.3, -0.25) is 4.90 Å². The minimum absolute atomic E-state index is 0.0667. The summed E-state index contributed by atoms with van der Waals surface area (Å²) >= 11 is 6.16. The number of morpholine rings is 1. The first-order chi connectivity index (χ1) is 12.6. The van der Waals surface area contributed by atoms with E-state index in [1.165, 1.54) is 6.42 Å². The molecule has 0 spiro atoms. The van der Waals surface area contributed by atoms with Crippen molar-refractivity contribution in [2.75, 3.05) is 51.8 Å². The fraction of sp³-hybridized carbons (Fsp3) is 0.632. The number of nitrogens with zero attached hydrogens (tertiary/aromatic N) is 2. The Labute approximate surface area is 160 Å². The molecule has 1 atom stereocenters. The van der Waals surface area contributed by atoms with Crippen LogP contribution in [0.1, 0.15) is 24.8 Å². The summed E-state index contributed by atoms with van der Waals surface area (Å²) in [6.07, 6.45) is 3.26. The van der Waals surface area contributed by atoms with Crippen LogP contribution in [-0.2, 0) is 4.74 Å². The van der Waals surface area contributed by atoms with Crippen LogP contribution in [-0.4, -0.2) is 68.4 Å². The third-order valence-corrected chi connectivity index (χ3v) is 5.59. The lowest BCUT2D eigenvalue weighted by Gasteiger charge is -2.39. The number of ether oxygens (including phenoxy) is 2. The van der Waals surface area contributed by atoms with Gasteiger partial charge in [-0.15, -0.1) is 0 Å². The lowest BCUT2D eigenvalue weighted by atomic mass is 10.0. The van der Waals surface area contributed by atoms with E-state index >= 15 is 0 Å². The number of rotatable bonds is 4. The maximum atomic E-state index is 13.0. The summed E-state index contributed by atoms with van der Waals surface area (Å²) in [6.45, 7) is 7.05. The third-order valence-electron chi connectivity index (χ3n) is 5.18. The smallest absolute Gasteiger partial charge is 0.322 e. The van der Waals surface area contributed by atoms with Crippen molar-refractivity contribution >= 4 is 23.3 Å². The number of urea groups is 1. The van der Waals surface area contributed by atoms with Crippen molar-refractivity contribution in [2.24, 2.45) is 0 Å². The van der Waals surface area contributed by atoms with E-state index in [0.717, 1.165) is 57.8 Å². The van der Waals surface area contributed by atoms with Crippen molar-refractivity contribution in [3.63, 3.8) is 0 Å². The number of halogens is 1. The van der Waals surface area contributed by atoms with Gasteiger partial charge in [-0.2, -0.15) is 0 Å². The molecule has 2 heterocycles. The Balaban J connectivity index is 1.69. The van der Waals surface area contributed by atoms with E-state index in [2.05, 4.69) is 10.2 Å². The molecular formula is C19H28ClN3O3. The summed E-state index contributed by atoms with van der Waals surface area (Å²) in [7, 11) is 1.58. The molecule has 26 heavy (non-hydrogen) atoms. The quantitative estimate of drug-likeness (QED) is 0.868. The number of carbonyl (C=O) groups is 1. The predicted octanol–water partition coefficient (Wildman–Crippen LogP) is 3.38. The third kappa shape index (κ3) is 4.61.